The molecule has 140 valence electrons. The van der Waals surface area contributed by atoms with Crippen molar-refractivity contribution in [2.24, 2.45) is 0 Å². The van der Waals surface area contributed by atoms with Gasteiger partial charge in [0.25, 0.3) is 0 Å². The third-order valence-corrected chi connectivity index (χ3v) is 3.51. The van der Waals surface area contributed by atoms with Gasteiger partial charge in [-0.2, -0.15) is 8.78 Å². The van der Waals surface area contributed by atoms with Crippen molar-refractivity contribution >= 4 is 11.6 Å². The van der Waals surface area contributed by atoms with Gasteiger partial charge in [-0.25, -0.2) is 0 Å². The second-order valence-corrected chi connectivity index (χ2v) is 5.41. The molecule has 26 heavy (non-hydrogen) atoms. The smallest absolute Gasteiger partial charge is 0.387 e. The number of carbonyl (C=O) groups excluding carboxylic acids is 1. The van der Waals surface area contributed by atoms with Gasteiger partial charge in [0.1, 0.15) is 11.5 Å². The zero-order valence-electron chi connectivity index (χ0n) is 14.5. The van der Waals surface area contributed by atoms with Gasteiger partial charge >= 0.3 is 6.61 Å². The SMILES string of the molecule is CCOc1ccccc1NCC(=O)NCCc1ccc(OC(F)F)cc1. The summed E-state index contributed by atoms with van der Waals surface area (Å²) in [4.78, 5) is 11.9. The first kappa shape index (κ1) is 19.5. The Hall–Kier alpha value is -2.83. The fourth-order valence-electron chi connectivity index (χ4n) is 2.32. The Kier molecular flexibility index (Phi) is 7.67. The molecule has 0 bridgehead atoms. The molecular weight excluding hydrogens is 342 g/mol. The Morgan fingerprint density at radius 2 is 1.85 bits per heavy atom. The number of ether oxygens (including phenoxy) is 2. The van der Waals surface area contributed by atoms with E-state index in [0.717, 1.165) is 11.3 Å². The molecule has 0 unspecified atom stereocenters. The molecule has 2 aromatic carbocycles. The zero-order chi connectivity index (χ0) is 18.8. The summed E-state index contributed by atoms with van der Waals surface area (Å²) in [6, 6.07) is 13.8. The Bertz CT molecular complexity index is 693. The van der Waals surface area contributed by atoms with E-state index in [1.165, 1.54) is 12.1 Å². The van der Waals surface area contributed by atoms with Gasteiger partial charge in [0, 0.05) is 6.54 Å². The lowest BCUT2D eigenvalue weighted by atomic mass is 10.1. The quantitative estimate of drug-likeness (QED) is 0.678. The van der Waals surface area contributed by atoms with E-state index in [9.17, 15) is 13.6 Å². The molecule has 0 atom stereocenters. The Morgan fingerprint density at radius 1 is 1.12 bits per heavy atom. The summed E-state index contributed by atoms with van der Waals surface area (Å²) in [7, 11) is 0. The standard InChI is InChI=1S/C19H22F2N2O3/c1-2-25-17-6-4-3-5-16(17)23-13-18(24)22-12-11-14-7-9-15(10-8-14)26-19(20)21/h3-10,19,23H,2,11-13H2,1H3,(H,22,24). The third kappa shape index (κ3) is 6.58. The molecule has 0 heterocycles. The van der Waals surface area contributed by atoms with Crippen molar-refractivity contribution in [2.45, 2.75) is 20.0 Å². The molecule has 0 spiro atoms. The fourth-order valence-corrected chi connectivity index (χ4v) is 2.32. The number of benzene rings is 2. The van der Waals surface area contributed by atoms with E-state index in [-0.39, 0.29) is 18.2 Å². The van der Waals surface area contributed by atoms with Gasteiger partial charge in [0.15, 0.2) is 0 Å². The molecule has 0 aliphatic rings. The topological polar surface area (TPSA) is 59.6 Å². The lowest BCUT2D eigenvalue weighted by molar-refractivity contribution is -0.119. The molecule has 0 aromatic heterocycles. The number of para-hydroxylation sites is 2. The molecule has 2 aromatic rings. The van der Waals surface area contributed by atoms with Gasteiger partial charge in [-0.15, -0.1) is 0 Å². The third-order valence-electron chi connectivity index (χ3n) is 3.51. The van der Waals surface area contributed by atoms with Crippen molar-refractivity contribution < 1.29 is 23.0 Å². The van der Waals surface area contributed by atoms with Crippen molar-refractivity contribution in [3.05, 3.63) is 54.1 Å². The number of rotatable bonds is 10. The molecule has 0 saturated heterocycles. The summed E-state index contributed by atoms with van der Waals surface area (Å²) in [6.07, 6.45) is 0.593. The van der Waals surface area contributed by atoms with Gasteiger partial charge in [0.2, 0.25) is 5.91 Å². The van der Waals surface area contributed by atoms with Crippen LogP contribution in [0.25, 0.3) is 0 Å². The lowest BCUT2D eigenvalue weighted by Gasteiger charge is -2.12. The summed E-state index contributed by atoms with van der Waals surface area (Å²) in [5.74, 6) is 0.674. The number of hydrogen-bond donors (Lipinski definition) is 2. The van der Waals surface area contributed by atoms with Gasteiger partial charge in [-0.3, -0.25) is 4.79 Å². The maximum atomic E-state index is 12.1. The fraction of sp³-hybridized carbons (Fsp3) is 0.316. The van der Waals surface area contributed by atoms with Gasteiger partial charge in [-0.1, -0.05) is 24.3 Å². The Morgan fingerprint density at radius 3 is 2.54 bits per heavy atom. The van der Waals surface area contributed by atoms with Crippen LogP contribution in [0, 0.1) is 0 Å². The van der Waals surface area contributed by atoms with Crippen molar-refractivity contribution in [1.82, 2.24) is 5.32 Å². The van der Waals surface area contributed by atoms with Crippen LogP contribution in [-0.2, 0) is 11.2 Å². The number of nitrogens with one attached hydrogen (secondary N) is 2. The van der Waals surface area contributed by atoms with Crippen LogP contribution < -0.4 is 20.1 Å². The van der Waals surface area contributed by atoms with E-state index in [1.54, 1.807) is 12.1 Å². The second-order valence-electron chi connectivity index (χ2n) is 5.41. The molecule has 0 radical (unpaired) electrons. The van der Waals surface area contributed by atoms with E-state index in [1.807, 2.05) is 31.2 Å². The second kappa shape index (κ2) is 10.2. The summed E-state index contributed by atoms with van der Waals surface area (Å²) in [5.41, 5.74) is 1.68. The molecule has 0 saturated carbocycles. The van der Waals surface area contributed by atoms with Crippen molar-refractivity contribution in [2.75, 3.05) is 25.0 Å². The first-order chi connectivity index (χ1) is 12.6. The minimum absolute atomic E-state index is 0.116. The Balaban J connectivity index is 1.72. The Labute approximate surface area is 151 Å². The predicted octanol–water partition coefficient (Wildman–Crippen LogP) is 3.46. The van der Waals surface area contributed by atoms with Crippen LogP contribution in [-0.4, -0.2) is 32.2 Å². The summed E-state index contributed by atoms with van der Waals surface area (Å²) in [6.45, 7) is 0.191. The zero-order valence-corrected chi connectivity index (χ0v) is 14.5. The summed E-state index contributed by atoms with van der Waals surface area (Å²) < 4.78 is 34.0. The maximum absolute atomic E-state index is 12.1. The normalized spacial score (nSPS) is 10.5. The molecule has 1 amide bonds. The molecule has 2 rings (SSSR count). The van der Waals surface area contributed by atoms with Crippen LogP contribution in [0.3, 0.4) is 0 Å². The maximum Gasteiger partial charge on any atom is 0.387 e. The van der Waals surface area contributed by atoms with E-state index >= 15 is 0 Å². The number of anilines is 1. The summed E-state index contributed by atoms with van der Waals surface area (Å²) in [5, 5.41) is 5.85. The van der Waals surface area contributed by atoms with Crippen LogP contribution in [0.4, 0.5) is 14.5 Å². The van der Waals surface area contributed by atoms with Gasteiger partial charge < -0.3 is 20.1 Å². The minimum atomic E-state index is -2.83. The molecular formula is C19H22F2N2O3. The first-order valence-electron chi connectivity index (χ1n) is 8.34. The predicted molar refractivity (Wildman–Crippen MR) is 95.9 cm³/mol. The van der Waals surface area contributed by atoms with Crippen LogP contribution in [0.5, 0.6) is 11.5 Å². The molecule has 0 fully saturated rings. The van der Waals surface area contributed by atoms with Crippen LogP contribution in [0.2, 0.25) is 0 Å². The van der Waals surface area contributed by atoms with Crippen LogP contribution in [0.15, 0.2) is 48.5 Å². The average Bonchev–Trinajstić information content (AvgIpc) is 2.62. The molecule has 0 aliphatic heterocycles. The highest BCUT2D eigenvalue weighted by Crippen LogP contribution is 2.23. The molecule has 5 nitrogen and oxygen atoms in total. The minimum Gasteiger partial charge on any atom is -0.492 e. The van der Waals surface area contributed by atoms with Gasteiger partial charge in [-0.05, 0) is 43.2 Å². The highest BCUT2D eigenvalue weighted by atomic mass is 19.3. The lowest BCUT2D eigenvalue weighted by Crippen LogP contribution is -2.31. The van der Waals surface area contributed by atoms with Crippen molar-refractivity contribution in [1.29, 1.82) is 0 Å². The number of amides is 1. The molecule has 2 N–H and O–H groups in total. The van der Waals surface area contributed by atoms with Crippen LogP contribution >= 0.6 is 0 Å². The van der Waals surface area contributed by atoms with Crippen LogP contribution in [0.1, 0.15) is 12.5 Å². The van der Waals surface area contributed by atoms with E-state index in [4.69, 9.17) is 4.74 Å². The first-order valence-corrected chi connectivity index (χ1v) is 8.34. The van der Waals surface area contributed by atoms with Crippen molar-refractivity contribution in [3.63, 3.8) is 0 Å². The van der Waals surface area contributed by atoms with Crippen molar-refractivity contribution in [3.8, 4) is 11.5 Å². The highest BCUT2D eigenvalue weighted by Gasteiger charge is 2.06. The largest absolute Gasteiger partial charge is 0.492 e. The molecule has 7 heteroatoms. The monoisotopic (exact) mass is 364 g/mol. The van der Waals surface area contributed by atoms with Gasteiger partial charge in [0.05, 0.1) is 18.8 Å². The van der Waals surface area contributed by atoms with E-state index in [0.29, 0.717) is 25.3 Å². The number of alkyl halides is 2. The highest BCUT2D eigenvalue weighted by molar-refractivity contribution is 5.81. The number of carbonyl (C=O) groups is 1. The average molecular weight is 364 g/mol. The van der Waals surface area contributed by atoms with E-state index in [2.05, 4.69) is 15.4 Å². The molecule has 0 aliphatic carbocycles. The van der Waals surface area contributed by atoms with E-state index < -0.39 is 6.61 Å². The number of hydrogen-bond acceptors (Lipinski definition) is 4. The summed E-state index contributed by atoms with van der Waals surface area (Å²) >= 11 is 0. The number of halogens is 2.